The van der Waals surface area contributed by atoms with E-state index in [1.165, 1.54) is 0 Å². The number of likely N-dealkylation sites (tertiary alicyclic amines) is 1. The van der Waals surface area contributed by atoms with Crippen LogP contribution in [0, 0.1) is 0 Å². The highest BCUT2D eigenvalue weighted by atomic mass is 16.3. The van der Waals surface area contributed by atoms with Gasteiger partial charge in [-0.3, -0.25) is 19.7 Å². The SMILES string of the molecule is CN1C[C@H](O)C[C@H]1CNC(=O)c1ccnc2ccncc12. The molecule has 1 saturated heterocycles. The number of fused-ring (bicyclic) bond motifs is 1. The number of amides is 1. The van der Waals surface area contributed by atoms with Crippen molar-refractivity contribution in [3.63, 3.8) is 0 Å². The number of carbonyl (C=O) groups excluding carboxylic acids is 1. The van der Waals surface area contributed by atoms with Crippen molar-refractivity contribution in [3.8, 4) is 0 Å². The first-order valence-corrected chi connectivity index (χ1v) is 7.00. The van der Waals surface area contributed by atoms with Crippen molar-refractivity contribution in [2.24, 2.45) is 0 Å². The Labute approximate surface area is 122 Å². The summed E-state index contributed by atoms with van der Waals surface area (Å²) >= 11 is 0. The highest BCUT2D eigenvalue weighted by Crippen LogP contribution is 2.17. The van der Waals surface area contributed by atoms with Crippen LogP contribution in [0.3, 0.4) is 0 Å². The average molecular weight is 286 g/mol. The van der Waals surface area contributed by atoms with Crippen LogP contribution in [0.4, 0.5) is 0 Å². The van der Waals surface area contributed by atoms with Gasteiger partial charge in [-0.1, -0.05) is 0 Å². The Morgan fingerprint density at radius 1 is 1.48 bits per heavy atom. The minimum absolute atomic E-state index is 0.134. The van der Waals surface area contributed by atoms with Gasteiger partial charge >= 0.3 is 0 Å². The molecule has 3 heterocycles. The molecule has 6 nitrogen and oxygen atoms in total. The lowest BCUT2D eigenvalue weighted by atomic mass is 10.1. The first-order chi connectivity index (χ1) is 10.1. The van der Waals surface area contributed by atoms with Crippen LogP contribution in [-0.2, 0) is 0 Å². The van der Waals surface area contributed by atoms with Crippen LogP contribution in [0.5, 0.6) is 0 Å². The van der Waals surface area contributed by atoms with Crippen LogP contribution in [-0.4, -0.2) is 58.2 Å². The summed E-state index contributed by atoms with van der Waals surface area (Å²) in [5.74, 6) is -0.134. The monoisotopic (exact) mass is 286 g/mol. The number of carbonyl (C=O) groups is 1. The van der Waals surface area contributed by atoms with E-state index in [1.807, 2.05) is 7.05 Å². The van der Waals surface area contributed by atoms with E-state index in [-0.39, 0.29) is 18.1 Å². The lowest BCUT2D eigenvalue weighted by Gasteiger charge is -2.19. The molecule has 0 radical (unpaired) electrons. The van der Waals surface area contributed by atoms with E-state index in [0.717, 1.165) is 10.9 Å². The van der Waals surface area contributed by atoms with Gasteiger partial charge in [0.1, 0.15) is 0 Å². The van der Waals surface area contributed by atoms with Crippen molar-refractivity contribution in [1.29, 1.82) is 0 Å². The summed E-state index contributed by atoms with van der Waals surface area (Å²) in [5, 5.41) is 13.3. The summed E-state index contributed by atoms with van der Waals surface area (Å²) in [6.07, 6.45) is 5.33. The van der Waals surface area contributed by atoms with E-state index in [9.17, 15) is 9.90 Å². The molecule has 1 fully saturated rings. The van der Waals surface area contributed by atoms with Crippen molar-refractivity contribution < 1.29 is 9.90 Å². The lowest BCUT2D eigenvalue weighted by molar-refractivity contribution is 0.0945. The van der Waals surface area contributed by atoms with E-state index in [1.54, 1.807) is 30.7 Å². The number of aliphatic hydroxyl groups is 1. The summed E-state index contributed by atoms with van der Waals surface area (Å²) in [5.41, 5.74) is 1.33. The molecule has 2 N–H and O–H groups in total. The van der Waals surface area contributed by atoms with Crippen LogP contribution in [0.1, 0.15) is 16.8 Å². The van der Waals surface area contributed by atoms with E-state index in [4.69, 9.17) is 0 Å². The van der Waals surface area contributed by atoms with Gasteiger partial charge in [-0.15, -0.1) is 0 Å². The molecule has 1 amide bonds. The van der Waals surface area contributed by atoms with E-state index in [2.05, 4.69) is 20.2 Å². The number of hydrogen-bond acceptors (Lipinski definition) is 5. The first kappa shape index (κ1) is 13.9. The highest BCUT2D eigenvalue weighted by Gasteiger charge is 2.28. The van der Waals surface area contributed by atoms with Gasteiger partial charge in [-0.25, -0.2) is 0 Å². The Morgan fingerprint density at radius 2 is 2.33 bits per heavy atom. The zero-order valence-corrected chi connectivity index (χ0v) is 11.9. The van der Waals surface area contributed by atoms with Gasteiger partial charge in [0.05, 0.1) is 17.2 Å². The zero-order valence-electron chi connectivity index (χ0n) is 11.9. The summed E-state index contributed by atoms with van der Waals surface area (Å²) < 4.78 is 0. The van der Waals surface area contributed by atoms with Gasteiger partial charge in [0.15, 0.2) is 0 Å². The second-order valence-corrected chi connectivity index (χ2v) is 5.44. The lowest BCUT2D eigenvalue weighted by Crippen LogP contribution is -2.38. The van der Waals surface area contributed by atoms with Crippen LogP contribution >= 0.6 is 0 Å². The number of aliphatic hydroxyl groups excluding tert-OH is 1. The minimum Gasteiger partial charge on any atom is -0.392 e. The molecule has 6 heteroatoms. The fraction of sp³-hybridized carbons (Fsp3) is 0.400. The third-order valence-electron chi connectivity index (χ3n) is 3.95. The number of nitrogens with one attached hydrogen (secondary N) is 1. The fourth-order valence-corrected chi connectivity index (χ4v) is 2.78. The minimum atomic E-state index is -0.303. The molecule has 0 unspecified atom stereocenters. The Hall–Kier alpha value is -2.05. The predicted octanol–water partition coefficient (Wildman–Crippen LogP) is 0.425. The summed E-state index contributed by atoms with van der Waals surface area (Å²) in [7, 11) is 1.96. The van der Waals surface area contributed by atoms with Gasteiger partial charge in [0.25, 0.3) is 5.91 Å². The molecule has 3 rings (SSSR count). The van der Waals surface area contributed by atoms with Crippen LogP contribution in [0.25, 0.3) is 10.9 Å². The molecule has 21 heavy (non-hydrogen) atoms. The van der Waals surface area contributed by atoms with Crippen molar-refractivity contribution in [3.05, 3.63) is 36.3 Å². The van der Waals surface area contributed by atoms with Crippen molar-refractivity contribution in [2.45, 2.75) is 18.6 Å². The number of rotatable bonds is 3. The molecule has 2 aromatic heterocycles. The smallest absolute Gasteiger partial charge is 0.252 e. The molecule has 0 aliphatic carbocycles. The molecule has 110 valence electrons. The maximum absolute atomic E-state index is 12.4. The molecule has 0 spiro atoms. The average Bonchev–Trinajstić information content (AvgIpc) is 2.82. The molecule has 2 atom stereocenters. The zero-order chi connectivity index (χ0) is 14.8. The number of hydrogen-bond donors (Lipinski definition) is 2. The number of likely N-dealkylation sites (N-methyl/N-ethyl adjacent to an activating group) is 1. The summed E-state index contributed by atoms with van der Waals surface area (Å²) in [6, 6.07) is 3.66. The van der Waals surface area contributed by atoms with Gasteiger partial charge in [0.2, 0.25) is 0 Å². The molecule has 0 bridgehead atoms. The fourth-order valence-electron chi connectivity index (χ4n) is 2.78. The van der Waals surface area contributed by atoms with E-state index >= 15 is 0 Å². The molecule has 1 aliphatic rings. The topological polar surface area (TPSA) is 78.4 Å². The van der Waals surface area contributed by atoms with Crippen LogP contribution in [0.2, 0.25) is 0 Å². The predicted molar refractivity (Wildman–Crippen MR) is 78.9 cm³/mol. The molecule has 0 saturated carbocycles. The highest BCUT2D eigenvalue weighted by molar-refractivity contribution is 6.05. The number of β-amino-alcohol motifs (C(OH)–C–C–N with tert-alkyl or cyclic N) is 1. The molecular weight excluding hydrogens is 268 g/mol. The van der Waals surface area contributed by atoms with Gasteiger partial charge in [0, 0.05) is 43.1 Å². The number of pyridine rings is 2. The maximum Gasteiger partial charge on any atom is 0.252 e. The largest absolute Gasteiger partial charge is 0.392 e. The number of nitrogens with zero attached hydrogens (tertiary/aromatic N) is 3. The summed E-state index contributed by atoms with van der Waals surface area (Å²) in [6.45, 7) is 1.18. The molecule has 2 aromatic rings. The number of aromatic nitrogens is 2. The van der Waals surface area contributed by atoms with Crippen LogP contribution < -0.4 is 5.32 Å². The second-order valence-electron chi connectivity index (χ2n) is 5.44. The standard InChI is InChI=1S/C15H18N4O2/c1-19-9-11(20)6-10(19)7-18-15(21)12-2-5-17-14-3-4-16-8-13(12)14/h2-5,8,10-11,20H,6-7,9H2,1H3,(H,18,21)/t10-,11+/m0/s1. The maximum atomic E-state index is 12.4. The Bertz CT molecular complexity index is 656. The summed E-state index contributed by atoms with van der Waals surface area (Å²) in [4.78, 5) is 22.7. The third kappa shape index (κ3) is 2.86. The van der Waals surface area contributed by atoms with E-state index < -0.39 is 0 Å². The van der Waals surface area contributed by atoms with Gasteiger partial charge in [-0.2, -0.15) is 0 Å². The van der Waals surface area contributed by atoms with Crippen molar-refractivity contribution in [1.82, 2.24) is 20.2 Å². The van der Waals surface area contributed by atoms with Gasteiger partial charge in [-0.05, 0) is 25.6 Å². The van der Waals surface area contributed by atoms with E-state index in [0.29, 0.717) is 25.1 Å². The molecule has 0 aromatic carbocycles. The Morgan fingerprint density at radius 3 is 3.10 bits per heavy atom. The molecule has 1 aliphatic heterocycles. The van der Waals surface area contributed by atoms with Crippen LogP contribution in [0.15, 0.2) is 30.7 Å². The Balaban J connectivity index is 1.73. The third-order valence-corrected chi connectivity index (χ3v) is 3.95. The Kier molecular flexibility index (Phi) is 3.81. The normalized spacial score (nSPS) is 22.6. The second kappa shape index (κ2) is 5.75. The molecular formula is C15H18N4O2. The van der Waals surface area contributed by atoms with Crippen molar-refractivity contribution in [2.75, 3.05) is 20.1 Å². The van der Waals surface area contributed by atoms with Crippen molar-refractivity contribution >= 4 is 16.8 Å². The van der Waals surface area contributed by atoms with Gasteiger partial charge < -0.3 is 10.4 Å². The first-order valence-electron chi connectivity index (χ1n) is 7.00. The quantitative estimate of drug-likeness (QED) is 0.855.